The van der Waals surface area contributed by atoms with Gasteiger partial charge in [-0.25, -0.2) is 0 Å². The van der Waals surface area contributed by atoms with Crippen molar-refractivity contribution in [2.45, 2.75) is 53.4 Å². The van der Waals surface area contributed by atoms with Crippen LogP contribution in [0.5, 0.6) is 5.75 Å². The fourth-order valence-corrected chi connectivity index (χ4v) is 3.51. The van der Waals surface area contributed by atoms with Crippen LogP contribution in [0.15, 0.2) is 23.0 Å². The van der Waals surface area contributed by atoms with E-state index in [1.807, 2.05) is 43.7 Å². The summed E-state index contributed by atoms with van der Waals surface area (Å²) in [6, 6.07) is 6.02. The summed E-state index contributed by atoms with van der Waals surface area (Å²) in [5.74, 6) is -0.144. The standard InChI is InChI=1S/C22H30N2O3/c1-7-11-17-18(20(25)21(27-6)14(4)24(17)5)22(26)23-19-15(8-2)12-10-13-16(19)9-3/h10,12-13H,7-9,11H2,1-6H3,(H,23,26). The summed E-state index contributed by atoms with van der Waals surface area (Å²) in [6.45, 7) is 7.98. The Morgan fingerprint density at radius 1 is 1.15 bits per heavy atom. The number of nitrogens with zero attached hydrogens (tertiary/aromatic N) is 1. The first-order chi connectivity index (χ1) is 12.9. The number of carbonyl (C=O) groups is 1. The quantitative estimate of drug-likeness (QED) is 0.800. The summed E-state index contributed by atoms with van der Waals surface area (Å²) in [5, 5.41) is 3.03. The molecule has 1 amide bonds. The average Bonchev–Trinajstić information content (AvgIpc) is 2.66. The van der Waals surface area contributed by atoms with Gasteiger partial charge >= 0.3 is 0 Å². The first-order valence-corrected chi connectivity index (χ1v) is 9.59. The third-order valence-electron chi connectivity index (χ3n) is 5.11. The number of anilines is 1. The van der Waals surface area contributed by atoms with Crippen molar-refractivity contribution in [3.05, 3.63) is 56.5 Å². The Hall–Kier alpha value is -2.56. The molecule has 0 aliphatic carbocycles. The van der Waals surface area contributed by atoms with Crippen molar-refractivity contribution in [2.24, 2.45) is 7.05 Å². The Bertz CT molecular complexity index is 875. The number of amides is 1. The van der Waals surface area contributed by atoms with Crippen molar-refractivity contribution >= 4 is 11.6 Å². The van der Waals surface area contributed by atoms with Crippen molar-refractivity contribution < 1.29 is 9.53 Å². The van der Waals surface area contributed by atoms with E-state index in [-0.39, 0.29) is 22.6 Å². The Kier molecular flexibility index (Phi) is 6.83. The maximum absolute atomic E-state index is 13.2. The molecule has 0 bridgehead atoms. The zero-order valence-corrected chi connectivity index (χ0v) is 17.2. The highest BCUT2D eigenvalue weighted by atomic mass is 16.5. The van der Waals surface area contributed by atoms with Gasteiger partial charge in [-0.15, -0.1) is 0 Å². The smallest absolute Gasteiger partial charge is 0.261 e. The first-order valence-electron chi connectivity index (χ1n) is 9.59. The summed E-state index contributed by atoms with van der Waals surface area (Å²) in [5.41, 5.74) is 4.25. The second-order valence-corrected chi connectivity index (χ2v) is 6.69. The molecule has 0 aliphatic rings. The molecule has 2 rings (SSSR count). The van der Waals surface area contributed by atoms with Gasteiger partial charge in [0.25, 0.3) is 5.91 Å². The Morgan fingerprint density at radius 2 is 1.74 bits per heavy atom. The van der Waals surface area contributed by atoms with E-state index in [0.29, 0.717) is 6.42 Å². The van der Waals surface area contributed by atoms with Crippen molar-refractivity contribution in [2.75, 3.05) is 12.4 Å². The van der Waals surface area contributed by atoms with Crippen LogP contribution >= 0.6 is 0 Å². The number of methoxy groups -OCH3 is 1. The van der Waals surface area contributed by atoms with Crippen LogP contribution in [0.2, 0.25) is 0 Å². The van der Waals surface area contributed by atoms with Crippen LogP contribution in [0, 0.1) is 6.92 Å². The lowest BCUT2D eigenvalue weighted by atomic mass is 10.0. The number of hydrogen-bond donors (Lipinski definition) is 1. The summed E-state index contributed by atoms with van der Waals surface area (Å²) < 4.78 is 7.20. The van der Waals surface area contributed by atoms with Gasteiger partial charge in [0.15, 0.2) is 5.75 Å². The average molecular weight is 370 g/mol. The highest BCUT2D eigenvalue weighted by Crippen LogP contribution is 2.25. The number of hydrogen-bond acceptors (Lipinski definition) is 3. The molecule has 0 unspecified atom stereocenters. The molecular weight excluding hydrogens is 340 g/mol. The van der Waals surface area contributed by atoms with Gasteiger partial charge in [-0.05, 0) is 37.3 Å². The molecule has 1 N–H and O–H groups in total. The highest BCUT2D eigenvalue weighted by Gasteiger charge is 2.24. The molecule has 5 heteroatoms. The third kappa shape index (κ3) is 3.92. The van der Waals surface area contributed by atoms with Crippen molar-refractivity contribution in [1.29, 1.82) is 0 Å². The number of aryl methyl sites for hydroxylation is 2. The van der Waals surface area contributed by atoms with Gasteiger partial charge in [-0.1, -0.05) is 45.4 Å². The molecule has 1 aromatic carbocycles. The molecule has 1 heterocycles. The van der Waals surface area contributed by atoms with Crippen LogP contribution in [0.4, 0.5) is 5.69 Å². The molecule has 27 heavy (non-hydrogen) atoms. The SMILES string of the molecule is CCCc1c(C(=O)Nc2c(CC)cccc2CC)c(=O)c(OC)c(C)n1C. The van der Waals surface area contributed by atoms with Crippen molar-refractivity contribution in [1.82, 2.24) is 4.57 Å². The fourth-order valence-electron chi connectivity index (χ4n) is 3.51. The number of benzene rings is 1. The van der Waals surface area contributed by atoms with Crippen LogP contribution in [-0.2, 0) is 26.3 Å². The summed E-state index contributed by atoms with van der Waals surface area (Å²) in [6.07, 6.45) is 3.10. The zero-order chi connectivity index (χ0) is 20.1. The molecule has 0 atom stereocenters. The van der Waals surface area contributed by atoms with Crippen LogP contribution < -0.4 is 15.5 Å². The van der Waals surface area contributed by atoms with Gasteiger partial charge in [-0.2, -0.15) is 0 Å². The molecule has 146 valence electrons. The number of aromatic nitrogens is 1. The van der Waals surface area contributed by atoms with Gasteiger partial charge in [0, 0.05) is 18.4 Å². The number of carbonyl (C=O) groups excluding carboxylic acids is 1. The molecule has 0 saturated carbocycles. The van der Waals surface area contributed by atoms with Gasteiger partial charge in [0.1, 0.15) is 5.56 Å². The van der Waals surface area contributed by atoms with E-state index in [0.717, 1.165) is 47.5 Å². The second kappa shape index (κ2) is 8.89. The van der Waals surface area contributed by atoms with Crippen LogP contribution in [-0.4, -0.2) is 17.6 Å². The number of para-hydroxylation sites is 1. The molecule has 5 nitrogen and oxygen atoms in total. The maximum Gasteiger partial charge on any atom is 0.261 e. The lowest BCUT2D eigenvalue weighted by Crippen LogP contribution is -2.29. The molecule has 1 aromatic heterocycles. The second-order valence-electron chi connectivity index (χ2n) is 6.69. The van der Waals surface area contributed by atoms with Crippen molar-refractivity contribution in [3.8, 4) is 5.75 Å². The molecule has 0 spiro atoms. The minimum absolute atomic E-state index is 0.176. The van der Waals surface area contributed by atoms with E-state index in [2.05, 4.69) is 19.2 Å². The highest BCUT2D eigenvalue weighted by molar-refractivity contribution is 6.06. The van der Waals surface area contributed by atoms with Gasteiger partial charge in [0.2, 0.25) is 5.43 Å². The minimum atomic E-state index is -0.368. The third-order valence-corrected chi connectivity index (χ3v) is 5.11. The Morgan fingerprint density at radius 3 is 2.22 bits per heavy atom. The van der Waals surface area contributed by atoms with E-state index in [1.165, 1.54) is 7.11 Å². The predicted molar refractivity (Wildman–Crippen MR) is 110 cm³/mol. The number of nitrogens with one attached hydrogen (secondary N) is 1. The maximum atomic E-state index is 13.2. The predicted octanol–water partition coefficient (Wildman–Crippen LogP) is 4.03. The molecule has 2 aromatic rings. The van der Waals surface area contributed by atoms with Crippen LogP contribution in [0.1, 0.15) is 60.1 Å². The molecule has 0 aliphatic heterocycles. The number of pyridine rings is 1. The Balaban J connectivity index is 2.64. The summed E-state index contributed by atoms with van der Waals surface area (Å²) >= 11 is 0. The molecule has 0 saturated heterocycles. The molecule has 0 fully saturated rings. The van der Waals surface area contributed by atoms with Crippen molar-refractivity contribution in [3.63, 3.8) is 0 Å². The lowest BCUT2D eigenvalue weighted by Gasteiger charge is -2.20. The lowest BCUT2D eigenvalue weighted by molar-refractivity contribution is 0.102. The van der Waals surface area contributed by atoms with Crippen LogP contribution in [0.25, 0.3) is 0 Å². The summed E-state index contributed by atoms with van der Waals surface area (Å²) in [4.78, 5) is 26.2. The first kappa shape index (κ1) is 20.7. The minimum Gasteiger partial charge on any atom is -0.491 e. The van der Waals surface area contributed by atoms with E-state index in [1.54, 1.807) is 0 Å². The summed E-state index contributed by atoms with van der Waals surface area (Å²) in [7, 11) is 3.34. The largest absolute Gasteiger partial charge is 0.491 e. The van der Waals surface area contributed by atoms with E-state index < -0.39 is 0 Å². The number of ether oxygens (including phenoxy) is 1. The van der Waals surface area contributed by atoms with Gasteiger partial charge in [0.05, 0.1) is 12.8 Å². The number of rotatable bonds is 7. The van der Waals surface area contributed by atoms with Gasteiger partial charge in [-0.3, -0.25) is 9.59 Å². The van der Waals surface area contributed by atoms with Crippen LogP contribution in [0.3, 0.4) is 0 Å². The normalized spacial score (nSPS) is 10.7. The Labute approximate surface area is 161 Å². The molecule has 0 radical (unpaired) electrons. The van der Waals surface area contributed by atoms with E-state index in [4.69, 9.17) is 4.74 Å². The van der Waals surface area contributed by atoms with E-state index >= 15 is 0 Å². The monoisotopic (exact) mass is 370 g/mol. The molecular formula is C22H30N2O3. The topological polar surface area (TPSA) is 60.3 Å². The van der Waals surface area contributed by atoms with Gasteiger partial charge < -0.3 is 14.6 Å². The zero-order valence-electron chi connectivity index (χ0n) is 17.2. The fraction of sp³-hybridized carbons (Fsp3) is 0.455. The van der Waals surface area contributed by atoms with E-state index in [9.17, 15) is 9.59 Å².